The average molecular weight is 362 g/mol. The van der Waals surface area contributed by atoms with Crippen LogP contribution in [0.3, 0.4) is 0 Å². The lowest BCUT2D eigenvalue weighted by atomic mass is 9.97. The van der Waals surface area contributed by atoms with Crippen molar-refractivity contribution in [3.63, 3.8) is 0 Å². The summed E-state index contributed by atoms with van der Waals surface area (Å²) in [6, 6.07) is 0. The van der Waals surface area contributed by atoms with Crippen molar-refractivity contribution in [3.8, 4) is 0 Å². The highest BCUT2D eigenvalue weighted by Crippen LogP contribution is 2.15. The van der Waals surface area contributed by atoms with E-state index in [1.807, 2.05) is 60.5 Å². The zero-order chi connectivity index (χ0) is 20.5. The second-order valence-electron chi connectivity index (χ2n) is 9.59. The number of quaternary nitrogens is 1. The minimum atomic E-state index is -0.384. The van der Waals surface area contributed by atoms with Crippen molar-refractivity contribution in [2.24, 2.45) is 10.8 Å². The minimum Gasteiger partial charge on any atom is -0.464 e. The first-order chi connectivity index (χ1) is 11.0. The van der Waals surface area contributed by atoms with Gasteiger partial charge in [0.1, 0.15) is 19.8 Å². The molecule has 6 heteroatoms. The van der Waals surface area contributed by atoms with Crippen LogP contribution < -0.4 is 0 Å². The Morgan fingerprint density at radius 1 is 0.800 bits per heavy atom. The van der Waals surface area contributed by atoms with Gasteiger partial charge in [-0.1, -0.05) is 0 Å². The lowest BCUT2D eigenvalue weighted by Crippen LogP contribution is -2.38. The lowest BCUT2D eigenvalue weighted by molar-refractivity contribution is -0.870. The molecule has 0 saturated carbocycles. The first-order valence-electron chi connectivity index (χ1n) is 8.76. The Bertz CT molecular complexity index is 399. The highest BCUT2D eigenvalue weighted by Gasteiger charge is 2.23. The van der Waals surface area contributed by atoms with Crippen LogP contribution in [0.25, 0.3) is 0 Å². The van der Waals surface area contributed by atoms with Crippen LogP contribution in [-0.2, 0) is 19.1 Å². The molecular weight excluding hydrogens is 320 g/mol. The van der Waals surface area contributed by atoms with Gasteiger partial charge in [-0.25, -0.2) is 0 Å². The van der Waals surface area contributed by atoms with E-state index in [1.165, 1.54) is 0 Å². The molecule has 0 heterocycles. The van der Waals surface area contributed by atoms with E-state index in [1.54, 1.807) is 0 Å². The summed E-state index contributed by atoms with van der Waals surface area (Å²) in [5, 5.41) is 0. The Kier molecular flexibility index (Phi) is 11.2. The maximum absolute atomic E-state index is 11.3. The predicted molar refractivity (Wildman–Crippen MR) is 102 cm³/mol. The first-order valence-corrected chi connectivity index (χ1v) is 8.76. The van der Waals surface area contributed by atoms with E-state index >= 15 is 0 Å². The summed E-state index contributed by atoms with van der Waals surface area (Å²) in [6.45, 7) is 13.7. The fraction of sp³-hybridized carbons (Fsp3) is 0.895. The number of rotatable bonds is 6. The predicted octanol–water partition coefficient (Wildman–Crippen LogP) is 2.42. The fourth-order valence-electron chi connectivity index (χ4n) is 1.17. The molecule has 150 valence electrons. The Balaban J connectivity index is 0. The second kappa shape index (κ2) is 10.8. The van der Waals surface area contributed by atoms with Crippen molar-refractivity contribution >= 4 is 11.9 Å². The van der Waals surface area contributed by atoms with Gasteiger partial charge in [0.2, 0.25) is 0 Å². The molecule has 0 radical (unpaired) electrons. The van der Waals surface area contributed by atoms with Crippen LogP contribution in [0.2, 0.25) is 0 Å². The molecule has 0 aliphatic rings. The Morgan fingerprint density at radius 2 is 1.16 bits per heavy atom. The largest absolute Gasteiger partial charge is 0.464 e. The van der Waals surface area contributed by atoms with E-state index in [2.05, 4.69) is 21.1 Å². The van der Waals surface area contributed by atoms with Gasteiger partial charge in [-0.05, 0) is 55.6 Å². The van der Waals surface area contributed by atoms with E-state index in [-0.39, 0.29) is 22.8 Å². The van der Waals surface area contributed by atoms with Crippen LogP contribution >= 0.6 is 0 Å². The van der Waals surface area contributed by atoms with Crippen LogP contribution in [-0.4, -0.2) is 82.9 Å². The van der Waals surface area contributed by atoms with E-state index in [4.69, 9.17) is 9.47 Å². The molecule has 0 rings (SSSR count). The SMILES string of the molecule is CC(C)(C)C(=O)OCC[N+](C)(C)C.CN(C)CCOC(=O)C(C)(C)C. The smallest absolute Gasteiger partial charge is 0.311 e. The number of nitrogens with zero attached hydrogens (tertiary/aromatic N) is 2. The molecule has 0 fully saturated rings. The van der Waals surface area contributed by atoms with Gasteiger partial charge < -0.3 is 18.9 Å². The standard InChI is InChI=1S/C10H22NO2.C9H19NO2/c1-10(2,3)9(12)13-8-7-11(4,5)6;1-9(2,3)8(11)12-7-6-10(4)5/h7-8H2,1-6H3;6-7H2,1-5H3/q+1;. The number of carbonyl (C=O) groups is 2. The molecule has 0 aromatic rings. The molecule has 0 amide bonds. The van der Waals surface area contributed by atoms with Gasteiger partial charge >= 0.3 is 11.9 Å². The molecule has 0 atom stereocenters. The molecule has 0 spiro atoms. The van der Waals surface area contributed by atoms with Crippen molar-refractivity contribution < 1.29 is 23.5 Å². The average Bonchev–Trinajstić information content (AvgIpc) is 2.35. The van der Waals surface area contributed by atoms with Crippen molar-refractivity contribution in [2.45, 2.75) is 41.5 Å². The molecule has 6 nitrogen and oxygen atoms in total. The van der Waals surface area contributed by atoms with Crippen molar-refractivity contribution in [3.05, 3.63) is 0 Å². The van der Waals surface area contributed by atoms with E-state index < -0.39 is 0 Å². The minimum absolute atomic E-state index is 0.124. The number of hydrogen-bond donors (Lipinski definition) is 0. The maximum Gasteiger partial charge on any atom is 0.311 e. The zero-order valence-electron chi connectivity index (χ0n) is 18.4. The molecule has 0 bridgehead atoms. The topological polar surface area (TPSA) is 55.8 Å². The molecule has 0 aliphatic carbocycles. The third-order valence-electron chi connectivity index (χ3n) is 2.99. The van der Waals surface area contributed by atoms with Crippen LogP contribution in [0, 0.1) is 10.8 Å². The number of ether oxygens (including phenoxy) is 2. The highest BCUT2D eigenvalue weighted by molar-refractivity contribution is 5.75. The molecular formula is C19H41N2O4+. The van der Waals surface area contributed by atoms with Gasteiger partial charge in [-0.3, -0.25) is 9.59 Å². The number of hydrogen-bond acceptors (Lipinski definition) is 5. The molecule has 25 heavy (non-hydrogen) atoms. The molecule has 0 aliphatic heterocycles. The molecule has 0 unspecified atom stereocenters. The van der Waals surface area contributed by atoms with Gasteiger partial charge in [0.25, 0.3) is 0 Å². The van der Waals surface area contributed by atoms with Gasteiger partial charge in [0.15, 0.2) is 0 Å². The van der Waals surface area contributed by atoms with Gasteiger partial charge in [0, 0.05) is 6.54 Å². The monoisotopic (exact) mass is 361 g/mol. The summed E-state index contributed by atoms with van der Waals surface area (Å²) in [5.74, 6) is -0.259. The van der Waals surface area contributed by atoms with E-state index in [0.29, 0.717) is 13.2 Å². The summed E-state index contributed by atoms with van der Waals surface area (Å²) < 4.78 is 11.0. The summed E-state index contributed by atoms with van der Waals surface area (Å²) in [5.41, 5.74) is -0.767. The van der Waals surface area contributed by atoms with Crippen molar-refractivity contribution in [2.75, 3.05) is 61.5 Å². The Labute approximate surface area is 155 Å². The van der Waals surface area contributed by atoms with Crippen LogP contribution in [0.15, 0.2) is 0 Å². The summed E-state index contributed by atoms with van der Waals surface area (Å²) in [6.07, 6.45) is 0. The zero-order valence-corrected chi connectivity index (χ0v) is 18.4. The number of likely N-dealkylation sites (N-methyl/N-ethyl adjacent to an activating group) is 2. The molecule has 0 aromatic carbocycles. The number of carbonyl (C=O) groups excluding carboxylic acids is 2. The van der Waals surface area contributed by atoms with Gasteiger partial charge in [-0.2, -0.15) is 0 Å². The lowest BCUT2D eigenvalue weighted by Gasteiger charge is -2.24. The molecule has 0 aromatic heterocycles. The third-order valence-corrected chi connectivity index (χ3v) is 2.99. The fourth-order valence-corrected chi connectivity index (χ4v) is 1.17. The third kappa shape index (κ3) is 17.5. The highest BCUT2D eigenvalue weighted by atomic mass is 16.5. The summed E-state index contributed by atoms with van der Waals surface area (Å²) in [4.78, 5) is 24.5. The maximum atomic E-state index is 11.3. The first kappa shape index (κ1) is 26.1. The van der Waals surface area contributed by atoms with Crippen molar-refractivity contribution in [1.82, 2.24) is 4.90 Å². The van der Waals surface area contributed by atoms with E-state index in [0.717, 1.165) is 17.6 Å². The quantitative estimate of drug-likeness (QED) is 0.537. The Morgan fingerprint density at radius 3 is 1.44 bits per heavy atom. The Hall–Kier alpha value is -1.14. The second-order valence-corrected chi connectivity index (χ2v) is 9.59. The normalized spacial score (nSPS) is 12.3. The molecule has 0 N–H and O–H groups in total. The van der Waals surface area contributed by atoms with Gasteiger partial charge in [0.05, 0.1) is 32.0 Å². The summed E-state index contributed by atoms with van der Waals surface area (Å²) in [7, 11) is 10.1. The van der Waals surface area contributed by atoms with E-state index in [9.17, 15) is 9.59 Å². The van der Waals surface area contributed by atoms with Crippen LogP contribution in [0.5, 0.6) is 0 Å². The summed E-state index contributed by atoms with van der Waals surface area (Å²) >= 11 is 0. The molecule has 0 saturated heterocycles. The number of esters is 2. The van der Waals surface area contributed by atoms with Crippen molar-refractivity contribution in [1.29, 1.82) is 0 Å². The van der Waals surface area contributed by atoms with Crippen LogP contribution in [0.1, 0.15) is 41.5 Å². The van der Waals surface area contributed by atoms with Gasteiger partial charge in [-0.15, -0.1) is 0 Å². The van der Waals surface area contributed by atoms with Crippen LogP contribution in [0.4, 0.5) is 0 Å².